The van der Waals surface area contributed by atoms with Gasteiger partial charge in [-0.1, -0.05) is 0 Å². The summed E-state index contributed by atoms with van der Waals surface area (Å²) in [5.74, 6) is -2.31. The summed E-state index contributed by atoms with van der Waals surface area (Å²) in [7, 11) is -17.6. The smallest absolute Gasteiger partial charge is 0.386 e. The normalized spacial score (nSPS) is 29.5. The van der Waals surface area contributed by atoms with E-state index in [4.69, 9.17) is 20.4 Å². The zero-order valence-electron chi connectivity index (χ0n) is 15.7. The van der Waals surface area contributed by atoms with E-state index in [9.17, 15) is 41.3 Å². The highest BCUT2D eigenvalue weighted by molar-refractivity contribution is 7.71. The quantitative estimate of drug-likeness (QED) is 0.143. The van der Waals surface area contributed by atoms with Gasteiger partial charge in [0, 0.05) is 6.20 Å². The molecule has 0 saturated carbocycles. The molecule has 0 spiro atoms. The molecule has 1 fully saturated rings. The fourth-order valence-corrected chi connectivity index (χ4v) is 5.83. The number of rotatable bonds is 8. The maximum Gasteiger partial charge on any atom is 0.490 e. The lowest BCUT2D eigenvalue weighted by Crippen LogP contribution is -2.54. The van der Waals surface area contributed by atoms with Crippen LogP contribution in [0.2, 0.25) is 0 Å². The second kappa shape index (κ2) is 9.51. The van der Waals surface area contributed by atoms with Gasteiger partial charge in [-0.3, -0.25) is 9.09 Å². The average Bonchev–Trinajstić information content (AvgIpc) is 2.85. The minimum Gasteiger partial charge on any atom is -0.386 e. The van der Waals surface area contributed by atoms with Crippen LogP contribution in [0.25, 0.3) is 0 Å². The summed E-state index contributed by atoms with van der Waals surface area (Å²) in [5.41, 5.74) is 0.377. The Morgan fingerprint density at radius 3 is 2.26 bits per heavy atom. The zero-order chi connectivity index (χ0) is 26.5. The second-order valence-electron chi connectivity index (χ2n) is 6.29. The van der Waals surface area contributed by atoms with Crippen LogP contribution in [0, 0.1) is 10.6 Å². The largest absolute Gasteiger partial charge is 0.490 e. The van der Waals surface area contributed by atoms with Crippen molar-refractivity contribution in [1.82, 2.24) is 9.55 Å². The zero-order valence-corrected chi connectivity index (χ0v) is 19.2. The van der Waals surface area contributed by atoms with Gasteiger partial charge in [-0.25, -0.2) is 22.5 Å². The molecule has 3 unspecified atom stereocenters. The number of nitrogens with zero attached hydrogens (tertiary/aromatic N) is 2. The van der Waals surface area contributed by atoms with E-state index >= 15 is 4.39 Å². The van der Waals surface area contributed by atoms with Gasteiger partial charge >= 0.3 is 29.6 Å². The number of anilines is 1. The molecule has 6 atom stereocenters. The molecule has 1 aliphatic heterocycles. The van der Waals surface area contributed by atoms with E-state index in [1.165, 1.54) is 0 Å². The maximum absolute atomic E-state index is 15.1. The van der Waals surface area contributed by atoms with E-state index in [1.807, 2.05) is 0 Å². The predicted octanol–water partition coefficient (Wildman–Crippen LogP) is 1.21. The molecule has 24 heteroatoms. The number of aliphatic hydroxyl groups is 1. The van der Waals surface area contributed by atoms with E-state index in [0.29, 0.717) is 0 Å². The van der Waals surface area contributed by atoms with Gasteiger partial charge in [0.25, 0.3) is 5.67 Å². The van der Waals surface area contributed by atoms with Crippen LogP contribution in [0.4, 0.5) is 27.8 Å². The first-order chi connectivity index (χ1) is 15.1. The first kappa shape index (κ1) is 29.3. The Kier molecular flexibility index (Phi) is 8.20. The van der Waals surface area contributed by atoms with Gasteiger partial charge in [0.15, 0.2) is 17.9 Å². The van der Waals surface area contributed by atoms with E-state index in [1.54, 1.807) is 0 Å². The number of phosphoric ester groups is 1. The summed E-state index contributed by atoms with van der Waals surface area (Å²) >= 11 is 4.60. The summed E-state index contributed by atoms with van der Waals surface area (Å²) in [6.07, 6.45) is -14.4. The van der Waals surface area contributed by atoms with Crippen LogP contribution in [-0.4, -0.2) is 64.9 Å². The van der Waals surface area contributed by atoms with Crippen LogP contribution >= 0.6 is 35.7 Å². The van der Waals surface area contributed by atoms with Gasteiger partial charge in [0.05, 0.1) is 6.61 Å². The van der Waals surface area contributed by atoms with E-state index < -0.39 is 76.8 Å². The van der Waals surface area contributed by atoms with Gasteiger partial charge < -0.3 is 35.2 Å². The molecule has 0 bridgehead atoms. The topological polar surface area (TPSA) is 233 Å². The van der Waals surface area contributed by atoms with Crippen LogP contribution in [0.3, 0.4) is 0 Å². The van der Waals surface area contributed by atoms with Crippen molar-refractivity contribution in [2.75, 3.05) is 12.3 Å². The number of hydrogen-bond acceptors (Lipinski definition) is 11. The molecule has 7 N–H and O–H groups in total. The van der Waals surface area contributed by atoms with Gasteiger partial charge in [-0.15, -0.1) is 0 Å². The van der Waals surface area contributed by atoms with Crippen LogP contribution in [-0.2, 0) is 31.6 Å². The second-order valence-corrected chi connectivity index (χ2v) is 11.1. The molecule has 196 valence electrons. The van der Waals surface area contributed by atoms with Crippen molar-refractivity contribution < 1.29 is 78.2 Å². The summed E-state index contributed by atoms with van der Waals surface area (Å²) in [6.45, 7) is -1.65. The van der Waals surface area contributed by atoms with Crippen molar-refractivity contribution in [3.63, 3.8) is 0 Å². The number of nitrogens with two attached hydrogens (primary N) is 1. The van der Waals surface area contributed by atoms with E-state index in [0.717, 1.165) is 0 Å². The third kappa shape index (κ3) is 6.44. The van der Waals surface area contributed by atoms with Crippen LogP contribution in [0.15, 0.2) is 6.20 Å². The number of nitrogen functional groups attached to an aromatic ring is 1. The molecule has 0 radical (unpaired) electrons. The summed E-state index contributed by atoms with van der Waals surface area (Å²) in [6, 6.07) is 0. The summed E-state index contributed by atoms with van der Waals surface area (Å²) < 4.78 is 118. The minimum absolute atomic E-state index is 0.0164. The van der Waals surface area contributed by atoms with Crippen molar-refractivity contribution in [1.29, 1.82) is 0 Å². The lowest BCUT2D eigenvalue weighted by atomic mass is 9.95. The number of ether oxygens (including phenoxy) is 1. The Hall–Kier alpha value is -0.920. The lowest BCUT2D eigenvalue weighted by molar-refractivity contribution is -0.273. The molecule has 2 heterocycles. The van der Waals surface area contributed by atoms with Crippen molar-refractivity contribution in [3.05, 3.63) is 16.8 Å². The molecule has 0 aromatic carbocycles. The van der Waals surface area contributed by atoms with Gasteiger partial charge in [0.2, 0.25) is 4.77 Å². The fourth-order valence-electron chi connectivity index (χ4n) is 2.56. The molecule has 0 aliphatic carbocycles. The standard InChI is InChI=1S/C10H13F5N3O12P3S/c11-3-1-18(8(34)17-6(3)16)7-9(12,10(13,14)15)5(19)4(28-7)2-27-32(23,24)30-33(25,26)29-31(20,21)22/h1,4-5,7,19H,2H2,(H,23,24)(H,25,26)(H2,16,17,34)(H2,20,21,22)/t4-,5?,7-,9-/m1/s1. The summed E-state index contributed by atoms with van der Waals surface area (Å²) in [5, 5.41) is 9.94. The Balaban J connectivity index is 2.32. The molecular weight excluding hydrogens is 574 g/mol. The predicted molar refractivity (Wildman–Crippen MR) is 97.1 cm³/mol. The molecule has 15 nitrogen and oxygen atoms in total. The Labute approximate surface area is 189 Å². The Morgan fingerprint density at radius 2 is 1.76 bits per heavy atom. The lowest BCUT2D eigenvalue weighted by Gasteiger charge is -2.31. The van der Waals surface area contributed by atoms with Gasteiger partial charge in [-0.2, -0.15) is 26.8 Å². The van der Waals surface area contributed by atoms with Gasteiger partial charge in [0.1, 0.15) is 12.2 Å². The van der Waals surface area contributed by atoms with Gasteiger partial charge in [-0.05, 0) is 12.2 Å². The first-order valence-corrected chi connectivity index (χ1v) is 12.9. The highest BCUT2D eigenvalue weighted by Gasteiger charge is 2.73. The minimum atomic E-state index is -5.98. The third-order valence-corrected chi connectivity index (χ3v) is 7.99. The molecule has 34 heavy (non-hydrogen) atoms. The molecule has 1 aromatic heterocycles. The maximum atomic E-state index is 15.1. The number of hydrogen-bond donors (Lipinski definition) is 6. The van der Waals surface area contributed by atoms with E-state index in [2.05, 4.69) is 35.1 Å². The fraction of sp³-hybridized carbons (Fsp3) is 0.600. The van der Waals surface area contributed by atoms with Crippen LogP contribution < -0.4 is 5.73 Å². The number of aliphatic hydroxyl groups excluding tert-OH is 1. The number of aromatic nitrogens is 2. The Bertz CT molecular complexity index is 1150. The van der Waals surface area contributed by atoms with Crippen molar-refractivity contribution in [2.45, 2.75) is 30.3 Å². The molecule has 1 aliphatic rings. The monoisotopic (exact) mass is 587 g/mol. The van der Waals surface area contributed by atoms with Crippen LogP contribution in [0.5, 0.6) is 0 Å². The number of halogens is 5. The summed E-state index contributed by atoms with van der Waals surface area (Å²) in [4.78, 5) is 38.5. The highest BCUT2D eigenvalue weighted by atomic mass is 32.1. The van der Waals surface area contributed by atoms with Crippen molar-refractivity contribution >= 4 is 41.5 Å². The number of phosphoric acid groups is 3. The number of alkyl halides is 4. The van der Waals surface area contributed by atoms with E-state index in [-0.39, 0.29) is 10.8 Å². The average molecular weight is 587 g/mol. The third-order valence-electron chi connectivity index (χ3n) is 3.88. The van der Waals surface area contributed by atoms with Crippen molar-refractivity contribution in [3.8, 4) is 0 Å². The molecule has 1 aromatic rings. The van der Waals surface area contributed by atoms with Crippen molar-refractivity contribution in [2.24, 2.45) is 0 Å². The highest BCUT2D eigenvalue weighted by Crippen LogP contribution is 2.66. The van der Waals surface area contributed by atoms with Crippen LogP contribution in [0.1, 0.15) is 6.23 Å². The Morgan fingerprint density at radius 1 is 1.21 bits per heavy atom. The molecule has 2 rings (SSSR count). The first-order valence-electron chi connectivity index (χ1n) is 8.01. The molecule has 0 amide bonds. The SMILES string of the molecule is Nc1nc(=S)n([C@@H]2O[C@H](COP(=O)(O)OP(=O)(O)OP(=O)(O)O)C(O)[C@]2(F)C(F)(F)F)cc1F. The molecular formula is C10H13F5N3O12P3S. The molecule has 1 saturated heterocycles.